The predicted molar refractivity (Wildman–Crippen MR) is 88.7 cm³/mol. The van der Waals surface area contributed by atoms with Crippen LogP contribution in [0, 0.1) is 5.82 Å². The minimum atomic E-state index is -0.677. The Morgan fingerprint density at radius 1 is 1.12 bits per heavy atom. The molecule has 0 saturated heterocycles. The number of carbonyl (C=O) groups is 2. The van der Waals surface area contributed by atoms with E-state index in [1.807, 2.05) is 12.1 Å². The van der Waals surface area contributed by atoms with Crippen molar-refractivity contribution in [3.8, 4) is 0 Å². The molecule has 0 unspecified atom stereocenters. The largest absolute Gasteiger partial charge is 0.347 e. The average molecular weight is 329 g/mol. The van der Waals surface area contributed by atoms with Gasteiger partial charge in [-0.05, 0) is 42.2 Å². The highest BCUT2D eigenvalue weighted by Crippen LogP contribution is 2.06. The summed E-state index contributed by atoms with van der Waals surface area (Å²) in [5, 5.41) is 2.53. The van der Waals surface area contributed by atoms with Crippen LogP contribution >= 0.6 is 0 Å². The zero-order valence-electron chi connectivity index (χ0n) is 13.5. The van der Waals surface area contributed by atoms with Crippen molar-refractivity contribution in [2.45, 2.75) is 12.8 Å². The van der Waals surface area contributed by atoms with Crippen molar-refractivity contribution in [3.63, 3.8) is 0 Å². The van der Waals surface area contributed by atoms with Gasteiger partial charge in [-0.2, -0.15) is 0 Å². The number of rotatable bonds is 6. The number of hydrogen-bond acceptors (Lipinski definition) is 3. The highest BCUT2D eigenvalue weighted by molar-refractivity contribution is 6.34. The van der Waals surface area contributed by atoms with E-state index in [-0.39, 0.29) is 12.4 Å². The molecular formula is C18H20FN3O2. The third-order valence-electron chi connectivity index (χ3n) is 3.66. The maximum atomic E-state index is 13.5. The molecule has 2 rings (SSSR count). The molecule has 0 aliphatic heterocycles. The lowest BCUT2D eigenvalue weighted by atomic mass is 10.1. The van der Waals surface area contributed by atoms with Gasteiger partial charge in [-0.1, -0.05) is 18.2 Å². The van der Waals surface area contributed by atoms with Gasteiger partial charge in [-0.15, -0.1) is 0 Å². The van der Waals surface area contributed by atoms with Crippen LogP contribution in [-0.2, 0) is 22.4 Å². The van der Waals surface area contributed by atoms with Gasteiger partial charge in [0.05, 0.1) is 0 Å². The van der Waals surface area contributed by atoms with E-state index in [0.29, 0.717) is 24.9 Å². The Hall–Kier alpha value is -2.76. The summed E-state index contributed by atoms with van der Waals surface area (Å²) in [5.74, 6) is -1.59. The quantitative estimate of drug-likeness (QED) is 0.819. The van der Waals surface area contributed by atoms with Crippen LogP contribution < -0.4 is 5.32 Å². The Labute approximate surface area is 140 Å². The average Bonchev–Trinajstić information content (AvgIpc) is 2.61. The molecular weight excluding hydrogens is 309 g/mol. The number of likely N-dealkylation sites (N-methyl/N-ethyl adjacent to an activating group) is 1. The fourth-order valence-electron chi connectivity index (χ4n) is 2.21. The van der Waals surface area contributed by atoms with Gasteiger partial charge in [0.25, 0.3) is 0 Å². The number of benzene rings is 1. The van der Waals surface area contributed by atoms with Crippen LogP contribution in [0.4, 0.5) is 4.39 Å². The fraction of sp³-hybridized carbons (Fsp3) is 0.278. The van der Waals surface area contributed by atoms with Gasteiger partial charge in [0.1, 0.15) is 5.82 Å². The second-order valence-electron chi connectivity index (χ2n) is 5.43. The minimum Gasteiger partial charge on any atom is -0.347 e. The molecule has 0 fully saturated rings. The second kappa shape index (κ2) is 8.76. The van der Waals surface area contributed by atoms with E-state index in [9.17, 15) is 14.0 Å². The van der Waals surface area contributed by atoms with Gasteiger partial charge in [0.15, 0.2) is 0 Å². The van der Waals surface area contributed by atoms with E-state index < -0.39 is 11.8 Å². The molecule has 2 amide bonds. The Kier molecular flexibility index (Phi) is 6.42. The third kappa shape index (κ3) is 5.15. The molecule has 1 heterocycles. The normalized spacial score (nSPS) is 10.2. The van der Waals surface area contributed by atoms with Crippen molar-refractivity contribution in [2.24, 2.45) is 0 Å². The summed E-state index contributed by atoms with van der Waals surface area (Å²) >= 11 is 0. The summed E-state index contributed by atoms with van der Waals surface area (Å²) in [6.07, 6.45) is 4.36. The maximum Gasteiger partial charge on any atom is 0.311 e. The fourth-order valence-corrected chi connectivity index (χ4v) is 2.21. The van der Waals surface area contributed by atoms with Crippen molar-refractivity contribution >= 4 is 11.8 Å². The van der Waals surface area contributed by atoms with Crippen molar-refractivity contribution < 1.29 is 14.0 Å². The monoisotopic (exact) mass is 329 g/mol. The zero-order chi connectivity index (χ0) is 17.4. The van der Waals surface area contributed by atoms with Gasteiger partial charge >= 0.3 is 11.8 Å². The van der Waals surface area contributed by atoms with E-state index in [2.05, 4.69) is 10.3 Å². The third-order valence-corrected chi connectivity index (χ3v) is 3.66. The number of halogens is 1. The molecule has 0 spiro atoms. The lowest BCUT2D eigenvalue weighted by molar-refractivity contribution is -0.144. The summed E-state index contributed by atoms with van der Waals surface area (Å²) in [6.45, 7) is 0.646. The molecule has 0 radical (unpaired) electrons. The van der Waals surface area contributed by atoms with E-state index in [1.165, 1.54) is 11.0 Å². The standard InChI is InChI=1S/C18H20FN3O2/c1-22(13-9-14-6-10-20-11-7-14)18(24)17(23)21-12-8-15-4-2-3-5-16(15)19/h2-7,10-11H,8-9,12-13H2,1H3,(H,21,23). The van der Waals surface area contributed by atoms with E-state index in [4.69, 9.17) is 0 Å². The lowest BCUT2D eigenvalue weighted by Gasteiger charge is -2.16. The van der Waals surface area contributed by atoms with Crippen LogP contribution in [0.5, 0.6) is 0 Å². The van der Waals surface area contributed by atoms with Crippen LogP contribution in [0.1, 0.15) is 11.1 Å². The molecule has 0 bridgehead atoms. The Bertz CT molecular complexity index is 692. The van der Waals surface area contributed by atoms with E-state index in [0.717, 1.165) is 5.56 Å². The molecule has 0 aliphatic rings. The molecule has 2 aromatic rings. The predicted octanol–water partition coefficient (Wildman–Crippen LogP) is 1.58. The molecule has 5 nitrogen and oxygen atoms in total. The van der Waals surface area contributed by atoms with Crippen molar-refractivity contribution in [2.75, 3.05) is 20.1 Å². The second-order valence-corrected chi connectivity index (χ2v) is 5.43. The molecule has 126 valence electrons. The van der Waals surface area contributed by atoms with E-state index in [1.54, 1.807) is 37.6 Å². The highest BCUT2D eigenvalue weighted by Gasteiger charge is 2.17. The number of amides is 2. The first kappa shape index (κ1) is 17.6. The van der Waals surface area contributed by atoms with Crippen LogP contribution in [0.15, 0.2) is 48.8 Å². The van der Waals surface area contributed by atoms with Gasteiger partial charge in [-0.3, -0.25) is 14.6 Å². The summed E-state index contributed by atoms with van der Waals surface area (Å²) in [6, 6.07) is 10.1. The first-order chi connectivity index (χ1) is 11.6. The molecule has 24 heavy (non-hydrogen) atoms. The molecule has 0 atom stereocenters. The van der Waals surface area contributed by atoms with Crippen LogP contribution in [0.3, 0.4) is 0 Å². The Morgan fingerprint density at radius 2 is 1.83 bits per heavy atom. The number of nitrogens with zero attached hydrogens (tertiary/aromatic N) is 2. The highest BCUT2D eigenvalue weighted by atomic mass is 19.1. The number of nitrogens with one attached hydrogen (secondary N) is 1. The molecule has 1 aromatic heterocycles. The molecule has 1 N–H and O–H groups in total. The zero-order valence-corrected chi connectivity index (χ0v) is 13.5. The van der Waals surface area contributed by atoms with Crippen molar-refractivity contribution in [3.05, 3.63) is 65.7 Å². The maximum absolute atomic E-state index is 13.5. The SMILES string of the molecule is CN(CCc1ccncc1)C(=O)C(=O)NCCc1ccccc1F. The molecule has 0 aliphatic carbocycles. The van der Waals surface area contributed by atoms with Crippen LogP contribution in [0.2, 0.25) is 0 Å². The number of hydrogen-bond donors (Lipinski definition) is 1. The summed E-state index contributed by atoms with van der Waals surface area (Å²) < 4.78 is 13.5. The summed E-state index contributed by atoms with van der Waals surface area (Å²) in [4.78, 5) is 29.2. The van der Waals surface area contributed by atoms with Crippen molar-refractivity contribution in [1.29, 1.82) is 0 Å². The van der Waals surface area contributed by atoms with Gasteiger partial charge < -0.3 is 10.2 Å². The smallest absolute Gasteiger partial charge is 0.311 e. The number of carbonyl (C=O) groups excluding carboxylic acids is 2. The number of aromatic nitrogens is 1. The van der Waals surface area contributed by atoms with E-state index >= 15 is 0 Å². The van der Waals surface area contributed by atoms with Gasteiger partial charge in [-0.25, -0.2) is 4.39 Å². The molecule has 0 saturated carbocycles. The molecule has 1 aromatic carbocycles. The van der Waals surface area contributed by atoms with Crippen molar-refractivity contribution in [1.82, 2.24) is 15.2 Å². The topological polar surface area (TPSA) is 62.3 Å². The number of pyridine rings is 1. The first-order valence-corrected chi connectivity index (χ1v) is 7.73. The summed E-state index contributed by atoms with van der Waals surface area (Å²) in [5.41, 5.74) is 1.56. The minimum absolute atomic E-state index is 0.212. The Morgan fingerprint density at radius 3 is 2.54 bits per heavy atom. The van der Waals surface area contributed by atoms with Gasteiger partial charge in [0.2, 0.25) is 0 Å². The first-order valence-electron chi connectivity index (χ1n) is 7.73. The molecule has 6 heteroatoms. The van der Waals surface area contributed by atoms with Gasteiger partial charge in [0, 0.05) is 32.5 Å². The van der Waals surface area contributed by atoms with Crippen LogP contribution in [0.25, 0.3) is 0 Å². The Balaban J connectivity index is 1.75. The lowest BCUT2D eigenvalue weighted by Crippen LogP contribution is -2.42. The van der Waals surface area contributed by atoms with Crippen LogP contribution in [-0.4, -0.2) is 41.8 Å². The summed E-state index contributed by atoms with van der Waals surface area (Å²) in [7, 11) is 1.58.